The van der Waals surface area contributed by atoms with Crippen molar-refractivity contribution in [2.75, 3.05) is 11.4 Å². The molecule has 224 valence electrons. The van der Waals surface area contributed by atoms with Crippen molar-refractivity contribution in [1.29, 1.82) is 0 Å². The van der Waals surface area contributed by atoms with Crippen LogP contribution in [0.2, 0.25) is 0 Å². The van der Waals surface area contributed by atoms with Gasteiger partial charge in [-0.25, -0.2) is 8.78 Å². The van der Waals surface area contributed by atoms with Crippen LogP contribution in [0.5, 0.6) is 0 Å². The monoisotopic (exact) mass is 578 g/mol. The molecule has 1 aromatic carbocycles. The predicted molar refractivity (Wildman–Crippen MR) is 153 cm³/mol. The second kappa shape index (κ2) is 9.71. The number of hydrogen-bond donors (Lipinski definition) is 0. The van der Waals surface area contributed by atoms with Gasteiger partial charge in [-0.3, -0.25) is 4.79 Å². The normalized spacial score (nSPS) is 27.5. The van der Waals surface area contributed by atoms with Crippen LogP contribution < -0.4 is 4.90 Å². The zero-order valence-corrected chi connectivity index (χ0v) is 24.8. The zero-order chi connectivity index (χ0) is 29.3. The van der Waals surface area contributed by atoms with Crippen LogP contribution in [0.3, 0.4) is 0 Å². The van der Waals surface area contributed by atoms with Gasteiger partial charge in [0.1, 0.15) is 11.5 Å². The van der Waals surface area contributed by atoms with Crippen molar-refractivity contribution >= 4 is 11.6 Å². The Morgan fingerprint density at radius 2 is 1.71 bits per heavy atom. The third-order valence-corrected chi connectivity index (χ3v) is 10.3. The van der Waals surface area contributed by atoms with Gasteiger partial charge < -0.3 is 13.9 Å². The van der Waals surface area contributed by atoms with Crippen LogP contribution in [0.25, 0.3) is 11.3 Å². The van der Waals surface area contributed by atoms with Gasteiger partial charge in [0.2, 0.25) is 17.7 Å². The molecule has 4 aliphatic carbocycles. The summed E-state index contributed by atoms with van der Waals surface area (Å²) in [6.07, 6.45) is 6.95. The molecular weight excluding hydrogens is 538 g/mol. The van der Waals surface area contributed by atoms with E-state index >= 15 is 0 Å². The first kappa shape index (κ1) is 27.7. The number of hydrogen-bond acceptors (Lipinski definition) is 6. The van der Waals surface area contributed by atoms with Crippen LogP contribution in [0, 0.1) is 11.3 Å². The molecule has 42 heavy (non-hydrogen) atoms. The maximum Gasteiger partial charge on any atom is 0.248 e. The molecule has 4 aliphatic rings. The molecule has 0 spiro atoms. The van der Waals surface area contributed by atoms with Crippen molar-refractivity contribution in [3.05, 3.63) is 47.8 Å². The van der Waals surface area contributed by atoms with E-state index in [4.69, 9.17) is 14.0 Å². The first-order valence-electron chi connectivity index (χ1n) is 15.6. The molecule has 7 rings (SSSR count). The number of fused-ring (bicyclic) bond motifs is 2. The quantitative estimate of drug-likeness (QED) is 0.283. The van der Waals surface area contributed by atoms with Gasteiger partial charge in [0.25, 0.3) is 0 Å². The Labute approximate surface area is 245 Å². The first-order chi connectivity index (χ1) is 19.9. The van der Waals surface area contributed by atoms with Gasteiger partial charge >= 0.3 is 0 Å². The highest BCUT2D eigenvalue weighted by Crippen LogP contribution is 2.62. The third kappa shape index (κ3) is 5.06. The fourth-order valence-electron chi connectivity index (χ4n) is 7.55. The number of carbonyl (C=O) groups excluding carboxylic acids is 1. The minimum absolute atomic E-state index is 0.0465. The Kier molecular flexibility index (Phi) is 6.41. The topological polar surface area (TPSA) is 85.3 Å². The van der Waals surface area contributed by atoms with Crippen molar-refractivity contribution in [3.8, 4) is 11.3 Å². The van der Waals surface area contributed by atoms with Gasteiger partial charge in [0.05, 0.1) is 0 Å². The van der Waals surface area contributed by atoms with Gasteiger partial charge in [-0.15, -0.1) is 0 Å². The number of halogens is 2. The molecule has 0 atom stereocenters. The van der Waals surface area contributed by atoms with Crippen LogP contribution in [-0.2, 0) is 15.6 Å². The smallest absolute Gasteiger partial charge is 0.248 e. The number of aromatic nitrogens is 3. The minimum Gasteiger partial charge on any atom is -0.360 e. The molecule has 0 saturated heterocycles. The number of anilines is 1. The lowest BCUT2D eigenvalue weighted by Crippen LogP contribution is -2.44. The summed E-state index contributed by atoms with van der Waals surface area (Å²) in [6.45, 7) is 6.76. The van der Waals surface area contributed by atoms with E-state index in [1.807, 2.05) is 35.2 Å². The van der Waals surface area contributed by atoms with Crippen molar-refractivity contribution < 1.29 is 22.6 Å². The lowest BCUT2D eigenvalue weighted by molar-refractivity contribution is -0.126. The van der Waals surface area contributed by atoms with Gasteiger partial charge in [0, 0.05) is 59.4 Å². The summed E-state index contributed by atoms with van der Waals surface area (Å²) >= 11 is 0. The number of carbonyl (C=O) groups is 1. The van der Waals surface area contributed by atoms with E-state index in [1.54, 1.807) is 0 Å². The van der Waals surface area contributed by atoms with Gasteiger partial charge in [-0.1, -0.05) is 43.2 Å². The molecule has 0 radical (unpaired) electrons. The molecule has 0 unspecified atom stereocenters. The predicted octanol–water partition coefficient (Wildman–Crippen LogP) is 7.96. The third-order valence-electron chi connectivity index (χ3n) is 10.3. The lowest BCUT2D eigenvalue weighted by Gasteiger charge is -2.37. The number of amides is 1. The molecule has 0 N–H and O–H groups in total. The Morgan fingerprint density at radius 3 is 2.38 bits per heavy atom. The molecule has 3 aromatic rings. The van der Waals surface area contributed by atoms with Crippen LogP contribution in [-0.4, -0.2) is 33.7 Å². The SMILES string of the molecule is CC(C)(C)c1nc(C23CCC(CN(C(=O)C4CCC(F)(F)CC4)c4cccc(-c5cc(C6CC6)on5)c4)(CC2)C3)no1. The lowest BCUT2D eigenvalue weighted by atomic mass is 9.80. The highest BCUT2D eigenvalue weighted by Gasteiger charge is 2.58. The average Bonchev–Trinajstić information content (AvgIpc) is 3.35. The minimum atomic E-state index is -2.68. The van der Waals surface area contributed by atoms with Crippen LogP contribution >= 0.6 is 0 Å². The molecule has 2 aromatic heterocycles. The summed E-state index contributed by atoms with van der Waals surface area (Å²) < 4.78 is 39.4. The molecule has 1 amide bonds. The van der Waals surface area contributed by atoms with E-state index in [-0.39, 0.29) is 47.8 Å². The van der Waals surface area contributed by atoms with Crippen molar-refractivity contribution in [1.82, 2.24) is 15.3 Å². The molecule has 0 aliphatic heterocycles. The Bertz CT molecular complexity index is 1470. The second-order valence-corrected chi connectivity index (χ2v) is 14.6. The molecule has 9 heteroatoms. The Balaban J connectivity index is 1.18. The van der Waals surface area contributed by atoms with Gasteiger partial charge in [-0.05, 0) is 75.3 Å². The fourth-order valence-corrected chi connectivity index (χ4v) is 7.55. The standard InChI is InChI=1S/C33H40F2N4O3/c1-30(2,3)29-36-28(38-42-29)32-15-13-31(19-32,14-16-32)20-39(27(40)22-9-11-33(34,35)12-10-22)24-6-4-5-23(17-24)25-18-26(41-37-25)21-7-8-21/h4-6,17-18,21-22H,7-16,19-20H2,1-3H3. The van der Waals surface area contributed by atoms with E-state index < -0.39 is 11.8 Å². The molecule has 4 fully saturated rings. The Hall–Kier alpha value is -3.10. The summed E-state index contributed by atoms with van der Waals surface area (Å²) in [5.74, 6) is -0.323. The average molecular weight is 579 g/mol. The van der Waals surface area contributed by atoms with Crippen LogP contribution in [0.4, 0.5) is 14.5 Å². The number of alkyl halides is 2. The van der Waals surface area contributed by atoms with Crippen LogP contribution in [0.1, 0.15) is 115 Å². The number of rotatable bonds is 7. The summed E-state index contributed by atoms with van der Waals surface area (Å²) in [5.41, 5.74) is 2.00. The van der Waals surface area contributed by atoms with Crippen LogP contribution in [0.15, 0.2) is 39.4 Å². The fraction of sp³-hybridized carbons (Fsp3) is 0.636. The second-order valence-electron chi connectivity index (χ2n) is 14.6. The van der Waals surface area contributed by atoms with E-state index in [0.29, 0.717) is 18.4 Å². The molecule has 4 saturated carbocycles. The first-order valence-corrected chi connectivity index (χ1v) is 15.6. The van der Waals surface area contributed by atoms with Crippen molar-refractivity contribution in [2.24, 2.45) is 11.3 Å². The van der Waals surface area contributed by atoms with Crippen molar-refractivity contribution in [2.45, 2.75) is 114 Å². The summed E-state index contributed by atoms with van der Waals surface area (Å²) in [4.78, 5) is 20.9. The summed E-state index contributed by atoms with van der Waals surface area (Å²) in [7, 11) is 0. The molecule has 2 bridgehead atoms. The molecular formula is C33H40F2N4O3. The maximum atomic E-state index is 14.2. The van der Waals surface area contributed by atoms with E-state index in [2.05, 4.69) is 31.1 Å². The maximum absolute atomic E-state index is 14.2. The Morgan fingerprint density at radius 1 is 0.976 bits per heavy atom. The van der Waals surface area contributed by atoms with Gasteiger partial charge in [0.15, 0.2) is 5.82 Å². The summed E-state index contributed by atoms with van der Waals surface area (Å²) in [5, 5.41) is 8.75. The number of benzene rings is 1. The number of nitrogens with zero attached hydrogens (tertiary/aromatic N) is 4. The van der Waals surface area contributed by atoms with E-state index in [9.17, 15) is 13.6 Å². The zero-order valence-electron chi connectivity index (χ0n) is 24.8. The van der Waals surface area contributed by atoms with E-state index in [0.717, 1.165) is 73.5 Å². The summed E-state index contributed by atoms with van der Waals surface area (Å²) in [6, 6.07) is 9.91. The van der Waals surface area contributed by atoms with Gasteiger partial charge in [-0.2, -0.15) is 4.98 Å². The van der Waals surface area contributed by atoms with E-state index in [1.165, 1.54) is 0 Å². The highest BCUT2D eigenvalue weighted by atomic mass is 19.3. The molecule has 2 heterocycles. The van der Waals surface area contributed by atoms with Crippen molar-refractivity contribution in [3.63, 3.8) is 0 Å². The largest absolute Gasteiger partial charge is 0.360 e. The molecule has 7 nitrogen and oxygen atoms in total. The highest BCUT2D eigenvalue weighted by molar-refractivity contribution is 5.96.